The third kappa shape index (κ3) is 2.29. The number of anilines is 2. The van der Waals surface area contributed by atoms with E-state index in [1.807, 2.05) is 12.1 Å². The van der Waals surface area contributed by atoms with Gasteiger partial charge >= 0.3 is 0 Å². The van der Waals surface area contributed by atoms with Crippen LogP contribution in [-0.4, -0.2) is 11.5 Å². The van der Waals surface area contributed by atoms with E-state index in [2.05, 4.69) is 16.9 Å². The van der Waals surface area contributed by atoms with Gasteiger partial charge in [0, 0.05) is 6.54 Å². The van der Waals surface area contributed by atoms with Crippen LogP contribution in [0.5, 0.6) is 0 Å². The maximum atomic E-state index is 5.45. The molecule has 3 N–H and O–H groups in total. The van der Waals surface area contributed by atoms with Crippen LogP contribution < -0.4 is 11.1 Å². The van der Waals surface area contributed by atoms with Crippen molar-refractivity contribution in [1.82, 2.24) is 4.98 Å². The second-order valence-electron chi connectivity index (χ2n) is 2.12. The van der Waals surface area contributed by atoms with Gasteiger partial charge in [-0.1, -0.05) is 12.1 Å². The molecule has 0 aromatic carbocycles. The van der Waals surface area contributed by atoms with Crippen LogP contribution in [0.1, 0.15) is 0 Å². The van der Waals surface area contributed by atoms with Gasteiger partial charge in [-0.15, -0.1) is 6.58 Å². The molecule has 0 aliphatic heterocycles. The van der Waals surface area contributed by atoms with Crippen LogP contribution in [-0.2, 0) is 0 Å². The molecule has 0 unspecified atom stereocenters. The molecular formula is C8H11N3. The third-order valence-corrected chi connectivity index (χ3v) is 1.20. The van der Waals surface area contributed by atoms with Crippen molar-refractivity contribution in [3.63, 3.8) is 0 Å². The molecule has 0 aliphatic rings. The number of nitrogen functional groups attached to an aromatic ring is 1. The lowest BCUT2D eigenvalue weighted by atomic mass is 10.4. The van der Waals surface area contributed by atoms with E-state index in [4.69, 9.17) is 5.73 Å². The second kappa shape index (κ2) is 3.61. The smallest absolute Gasteiger partial charge is 0.128 e. The Morgan fingerprint density at radius 3 is 3.09 bits per heavy atom. The summed E-state index contributed by atoms with van der Waals surface area (Å²) in [5.41, 5.74) is 5.45. The molecule has 0 saturated heterocycles. The van der Waals surface area contributed by atoms with Crippen LogP contribution in [0.3, 0.4) is 0 Å². The predicted octanol–water partition coefficient (Wildman–Crippen LogP) is 1.26. The predicted molar refractivity (Wildman–Crippen MR) is 47.3 cm³/mol. The lowest BCUT2D eigenvalue weighted by Crippen LogP contribution is -2.01. The Kier molecular flexibility index (Phi) is 2.49. The summed E-state index contributed by atoms with van der Waals surface area (Å²) in [6.45, 7) is 4.28. The van der Waals surface area contributed by atoms with Crippen LogP contribution in [0.25, 0.3) is 0 Å². The molecule has 1 aromatic heterocycles. The van der Waals surface area contributed by atoms with Crippen molar-refractivity contribution in [2.45, 2.75) is 0 Å². The number of hydrogen-bond donors (Lipinski definition) is 2. The van der Waals surface area contributed by atoms with Gasteiger partial charge in [-0.2, -0.15) is 0 Å². The van der Waals surface area contributed by atoms with Gasteiger partial charge in [-0.25, -0.2) is 4.98 Å². The molecule has 1 heterocycles. The van der Waals surface area contributed by atoms with Gasteiger partial charge in [0.1, 0.15) is 11.6 Å². The van der Waals surface area contributed by atoms with Crippen LogP contribution in [0.2, 0.25) is 0 Å². The normalized spacial score (nSPS) is 9.09. The molecule has 0 radical (unpaired) electrons. The van der Waals surface area contributed by atoms with Gasteiger partial charge in [0.05, 0.1) is 0 Å². The van der Waals surface area contributed by atoms with E-state index in [-0.39, 0.29) is 0 Å². The Labute approximate surface area is 65.9 Å². The van der Waals surface area contributed by atoms with Gasteiger partial charge in [-0.05, 0) is 12.1 Å². The van der Waals surface area contributed by atoms with Gasteiger partial charge < -0.3 is 11.1 Å². The van der Waals surface area contributed by atoms with E-state index < -0.39 is 0 Å². The van der Waals surface area contributed by atoms with Gasteiger partial charge in [-0.3, -0.25) is 0 Å². The third-order valence-electron chi connectivity index (χ3n) is 1.20. The molecule has 0 bridgehead atoms. The Bertz CT molecular complexity index is 245. The van der Waals surface area contributed by atoms with E-state index >= 15 is 0 Å². The van der Waals surface area contributed by atoms with Crippen molar-refractivity contribution >= 4 is 11.6 Å². The highest BCUT2D eigenvalue weighted by Gasteiger charge is 1.89. The molecular weight excluding hydrogens is 138 g/mol. The molecule has 0 spiro atoms. The zero-order valence-electron chi connectivity index (χ0n) is 6.25. The number of rotatable bonds is 3. The second-order valence-corrected chi connectivity index (χ2v) is 2.12. The Morgan fingerprint density at radius 1 is 1.64 bits per heavy atom. The first kappa shape index (κ1) is 7.60. The summed E-state index contributed by atoms with van der Waals surface area (Å²) >= 11 is 0. The summed E-state index contributed by atoms with van der Waals surface area (Å²) in [5.74, 6) is 1.31. The minimum Gasteiger partial charge on any atom is -0.384 e. The standard InChI is InChI=1S/C8H11N3/c1-2-6-10-8-5-3-4-7(9)11-8/h2-5H,1,6H2,(H3,9,10,11). The molecule has 1 aromatic rings. The fourth-order valence-electron chi connectivity index (χ4n) is 0.727. The molecule has 1 rings (SSSR count). The van der Waals surface area contributed by atoms with Crippen LogP contribution in [0.4, 0.5) is 11.6 Å². The summed E-state index contributed by atoms with van der Waals surface area (Å²) < 4.78 is 0. The number of hydrogen-bond acceptors (Lipinski definition) is 3. The summed E-state index contributed by atoms with van der Waals surface area (Å²) in [6.07, 6.45) is 1.77. The van der Waals surface area contributed by atoms with Crippen molar-refractivity contribution in [2.24, 2.45) is 0 Å². The van der Waals surface area contributed by atoms with E-state index in [0.29, 0.717) is 12.4 Å². The molecule has 58 valence electrons. The average Bonchev–Trinajstić information content (AvgIpc) is 2.01. The zero-order chi connectivity index (χ0) is 8.10. The lowest BCUT2D eigenvalue weighted by Gasteiger charge is -2.01. The number of aromatic nitrogens is 1. The lowest BCUT2D eigenvalue weighted by molar-refractivity contribution is 1.24. The molecule has 0 aliphatic carbocycles. The van der Waals surface area contributed by atoms with E-state index in [1.54, 1.807) is 12.1 Å². The minimum absolute atomic E-state index is 0.527. The molecule has 11 heavy (non-hydrogen) atoms. The Balaban J connectivity index is 2.63. The van der Waals surface area contributed by atoms with E-state index in [9.17, 15) is 0 Å². The van der Waals surface area contributed by atoms with Crippen LogP contribution >= 0.6 is 0 Å². The highest BCUT2D eigenvalue weighted by Crippen LogP contribution is 2.04. The summed E-state index contributed by atoms with van der Waals surface area (Å²) in [5, 5.41) is 3.03. The highest BCUT2D eigenvalue weighted by molar-refractivity contribution is 5.42. The first-order chi connectivity index (χ1) is 5.33. The van der Waals surface area contributed by atoms with Crippen LogP contribution in [0, 0.1) is 0 Å². The van der Waals surface area contributed by atoms with Gasteiger partial charge in [0.25, 0.3) is 0 Å². The fourth-order valence-corrected chi connectivity index (χ4v) is 0.727. The summed E-state index contributed by atoms with van der Waals surface area (Å²) in [7, 11) is 0. The van der Waals surface area contributed by atoms with Crippen molar-refractivity contribution in [3.8, 4) is 0 Å². The number of nitrogens with two attached hydrogens (primary N) is 1. The maximum absolute atomic E-state index is 5.45. The van der Waals surface area contributed by atoms with E-state index in [1.165, 1.54) is 0 Å². The SMILES string of the molecule is C=CCNc1cccc(N)n1. The summed E-state index contributed by atoms with van der Waals surface area (Å²) in [6, 6.07) is 5.46. The van der Waals surface area contributed by atoms with Gasteiger partial charge in [0.2, 0.25) is 0 Å². The molecule has 0 atom stereocenters. The molecule has 0 fully saturated rings. The minimum atomic E-state index is 0.527. The number of pyridine rings is 1. The maximum Gasteiger partial charge on any atom is 0.128 e. The summed E-state index contributed by atoms with van der Waals surface area (Å²) in [4.78, 5) is 4.03. The molecule has 0 saturated carbocycles. The first-order valence-corrected chi connectivity index (χ1v) is 3.40. The zero-order valence-corrected chi connectivity index (χ0v) is 6.25. The average molecular weight is 149 g/mol. The Hall–Kier alpha value is -1.51. The van der Waals surface area contributed by atoms with E-state index in [0.717, 1.165) is 5.82 Å². The monoisotopic (exact) mass is 149 g/mol. The quantitative estimate of drug-likeness (QED) is 0.636. The van der Waals surface area contributed by atoms with Crippen molar-refractivity contribution in [2.75, 3.05) is 17.6 Å². The van der Waals surface area contributed by atoms with Crippen molar-refractivity contribution in [3.05, 3.63) is 30.9 Å². The topological polar surface area (TPSA) is 50.9 Å². The van der Waals surface area contributed by atoms with Crippen LogP contribution in [0.15, 0.2) is 30.9 Å². The van der Waals surface area contributed by atoms with Gasteiger partial charge in [0.15, 0.2) is 0 Å². The Morgan fingerprint density at radius 2 is 2.45 bits per heavy atom. The number of nitrogens with one attached hydrogen (secondary N) is 1. The molecule has 3 nitrogen and oxygen atoms in total. The largest absolute Gasteiger partial charge is 0.384 e. The fraction of sp³-hybridized carbons (Fsp3) is 0.125. The molecule has 3 heteroatoms. The first-order valence-electron chi connectivity index (χ1n) is 3.40. The highest BCUT2D eigenvalue weighted by atomic mass is 15.0. The number of nitrogens with zero attached hydrogens (tertiary/aromatic N) is 1. The van der Waals surface area contributed by atoms with Crippen molar-refractivity contribution in [1.29, 1.82) is 0 Å². The van der Waals surface area contributed by atoms with Crippen molar-refractivity contribution < 1.29 is 0 Å². The molecule has 0 amide bonds.